The van der Waals surface area contributed by atoms with Gasteiger partial charge in [-0.1, -0.05) is 32.3 Å². The second kappa shape index (κ2) is 11.7. The molecule has 1 saturated carbocycles. The van der Waals surface area contributed by atoms with Crippen LogP contribution in [0.2, 0.25) is 0 Å². The van der Waals surface area contributed by atoms with Crippen LogP contribution in [0.1, 0.15) is 75.5 Å². The smallest absolute Gasteiger partial charge is 0.356 e. The quantitative estimate of drug-likeness (QED) is 0.447. The number of hydrogen-bond acceptors (Lipinski definition) is 7. The van der Waals surface area contributed by atoms with E-state index in [0.29, 0.717) is 25.5 Å². The van der Waals surface area contributed by atoms with Crippen LogP contribution >= 0.6 is 0 Å². The van der Waals surface area contributed by atoms with E-state index in [4.69, 9.17) is 0 Å². The Bertz CT molecular complexity index is 1220. The first-order valence-electron chi connectivity index (χ1n) is 13.8. The molecule has 0 radical (unpaired) electrons. The Morgan fingerprint density at radius 3 is 2.54 bits per heavy atom. The highest BCUT2D eigenvalue weighted by Gasteiger charge is 2.52. The number of nitrogens with zero attached hydrogens (tertiary/aromatic N) is 3. The van der Waals surface area contributed by atoms with Gasteiger partial charge in [0.2, 0.25) is 23.5 Å². The second-order valence-corrected chi connectivity index (χ2v) is 12.2. The van der Waals surface area contributed by atoms with Gasteiger partial charge in [0.25, 0.3) is 5.91 Å². The number of aromatic nitrogens is 1. The van der Waals surface area contributed by atoms with Gasteiger partial charge in [-0.25, -0.2) is 0 Å². The Hall–Kier alpha value is -3.63. The van der Waals surface area contributed by atoms with Crippen LogP contribution in [0.5, 0.6) is 0 Å². The molecule has 1 aliphatic carbocycles. The van der Waals surface area contributed by atoms with Crippen molar-refractivity contribution < 1.29 is 36.9 Å². The van der Waals surface area contributed by atoms with E-state index in [1.165, 1.54) is 4.90 Å². The molecule has 224 valence electrons. The zero-order valence-electron chi connectivity index (χ0n) is 23.2. The molecule has 1 aromatic heterocycles. The van der Waals surface area contributed by atoms with Crippen LogP contribution in [-0.4, -0.2) is 64.9 Å². The van der Waals surface area contributed by atoms with Crippen molar-refractivity contribution in [1.82, 2.24) is 26.0 Å². The van der Waals surface area contributed by atoms with Gasteiger partial charge in [-0.2, -0.15) is 18.4 Å². The van der Waals surface area contributed by atoms with Gasteiger partial charge in [0, 0.05) is 25.1 Å². The number of nitriles is 1. The maximum Gasteiger partial charge on any atom is 0.452 e. The number of halogens is 3. The molecule has 1 aromatic rings. The van der Waals surface area contributed by atoms with E-state index >= 15 is 0 Å². The number of carbonyl (C=O) groups excluding carboxylic acids is 4. The van der Waals surface area contributed by atoms with Crippen LogP contribution in [0, 0.1) is 34.5 Å². The molecule has 14 heteroatoms. The molecule has 3 heterocycles. The molecule has 0 bridgehead atoms. The lowest BCUT2D eigenvalue weighted by Gasteiger charge is -2.36. The number of amides is 4. The van der Waals surface area contributed by atoms with Gasteiger partial charge in [0.1, 0.15) is 18.1 Å². The molecule has 3 N–H and O–H groups in total. The molecule has 41 heavy (non-hydrogen) atoms. The van der Waals surface area contributed by atoms with Crippen LogP contribution in [0.15, 0.2) is 10.6 Å². The third kappa shape index (κ3) is 6.65. The van der Waals surface area contributed by atoms with Crippen molar-refractivity contribution in [3.05, 3.63) is 17.5 Å². The number of rotatable bonds is 7. The number of likely N-dealkylation sites (tertiary alicyclic amines) is 1. The van der Waals surface area contributed by atoms with E-state index in [9.17, 15) is 37.6 Å². The lowest BCUT2D eigenvalue weighted by atomic mass is 9.85. The fourth-order valence-electron chi connectivity index (χ4n) is 6.15. The van der Waals surface area contributed by atoms with Crippen molar-refractivity contribution in [2.24, 2.45) is 23.2 Å². The first-order chi connectivity index (χ1) is 19.2. The van der Waals surface area contributed by atoms with Gasteiger partial charge >= 0.3 is 6.18 Å². The van der Waals surface area contributed by atoms with Crippen molar-refractivity contribution >= 4 is 23.6 Å². The molecule has 0 unspecified atom stereocenters. The minimum Gasteiger partial charge on any atom is -0.356 e. The molecular formula is C27H35F3N6O5. The molecule has 4 rings (SSSR count). The largest absolute Gasteiger partial charge is 0.452 e. The SMILES string of the molecule is CC(C)(C)[C@H](NC(=O)c1cc(C(F)(F)F)on1)C(=O)N1C[C@@H]2CCC[C@@H]2[C@H]1C(=O)N[C@H](C#N)C[C@@H]1CCCNC1=O. The van der Waals surface area contributed by atoms with Gasteiger partial charge in [-0.15, -0.1) is 0 Å². The third-order valence-corrected chi connectivity index (χ3v) is 8.24. The Morgan fingerprint density at radius 1 is 1.20 bits per heavy atom. The molecule has 11 nitrogen and oxygen atoms in total. The van der Waals surface area contributed by atoms with Crippen molar-refractivity contribution in [2.75, 3.05) is 13.1 Å². The van der Waals surface area contributed by atoms with E-state index < -0.39 is 64.8 Å². The molecule has 2 aliphatic heterocycles. The third-order valence-electron chi connectivity index (χ3n) is 8.24. The van der Waals surface area contributed by atoms with E-state index in [1.54, 1.807) is 20.8 Å². The first-order valence-corrected chi connectivity index (χ1v) is 13.8. The zero-order chi connectivity index (χ0) is 30.1. The fraction of sp³-hybridized carbons (Fsp3) is 0.704. The van der Waals surface area contributed by atoms with E-state index in [-0.39, 0.29) is 30.7 Å². The monoisotopic (exact) mass is 580 g/mol. The summed E-state index contributed by atoms with van der Waals surface area (Å²) in [5, 5.41) is 21.0. The highest BCUT2D eigenvalue weighted by Crippen LogP contribution is 2.43. The number of carbonyl (C=O) groups is 4. The normalized spacial score (nSPS) is 26.0. The minimum absolute atomic E-state index is 0.0561. The van der Waals surface area contributed by atoms with Gasteiger partial charge in [0.05, 0.1) is 6.07 Å². The summed E-state index contributed by atoms with van der Waals surface area (Å²) < 4.78 is 43.1. The highest BCUT2D eigenvalue weighted by atomic mass is 19.4. The summed E-state index contributed by atoms with van der Waals surface area (Å²) in [6.07, 6.45) is -0.876. The molecular weight excluding hydrogens is 545 g/mol. The molecule has 6 atom stereocenters. The summed E-state index contributed by atoms with van der Waals surface area (Å²) in [6.45, 7) is 5.91. The zero-order valence-corrected chi connectivity index (χ0v) is 23.2. The Morgan fingerprint density at radius 2 is 1.93 bits per heavy atom. The number of piperidine rings is 1. The maximum absolute atomic E-state index is 14.0. The summed E-state index contributed by atoms with van der Waals surface area (Å²) in [7, 11) is 0. The minimum atomic E-state index is -4.83. The highest BCUT2D eigenvalue weighted by molar-refractivity contribution is 5.98. The predicted octanol–water partition coefficient (Wildman–Crippen LogP) is 2.39. The maximum atomic E-state index is 14.0. The number of hydrogen-bond donors (Lipinski definition) is 3. The molecule has 4 amide bonds. The Labute approximate surface area is 235 Å². The summed E-state index contributed by atoms with van der Waals surface area (Å²) in [5.41, 5.74) is -1.51. The fourth-order valence-corrected chi connectivity index (χ4v) is 6.15. The molecule has 0 aromatic carbocycles. The summed E-state index contributed by atoms with van der Waals surface area (Å²) in [5.74, 6) is -4.16. The molecule has 2 saturated heterocycles. The summed E-state index contributed by atoms with van der Waals surface area (Å²) >= 11 is 0. The Kier molecular flexibility index (Phi) is 8.65. The van der Waals surface area contributed by atoms with Crippen molar-refractivity contribution in [3.8, 4) is 6.07 Å². The average Bonchev–Trinajstić information content (AvgIpc) is 3.63. The lowest BCUT2D eigenvalue weighted by Crippen LogP contribution is -2.59. The van der Waals surface area contributed by atoms with Gasteiger partial charge in [-0.05, 0) is 49.4 Å². The molecule has 3 aliphatic rings. The predicted molar refractivity (Wildman–Crippen MR) is 136 cm³/mol. The van der Waals surface area contributed by atoms with Crippen LogP contribution in [0.4, 0.5) is 13.2 Å². The van der Waals surface area contributed by atoms with Crippen LogP contribution in [-0.2, 0) is 20.6 Å². The lowest BCUT2D eigenvalue weighted by molar-refractivity contribution is -0.155. The number of nitrogens with one attached hydrogen (secondary N) is 3. The van der Waals surface area contributed by atoms with Crippen molar-refractivity contribution in [1.29, 1.82) is 5.26 Å². The summed E-state index contributed by atoms with van der Waals surface area (Å²) in [4.78, 5) is 54.1. The van der Waals surface area contributed by atoms with Crippen LogP contribution in [0.3, 0.4) is 0 Å². The van der Waals surface area contributed by atoms with Crippen LogP contribution < -0.4 is 16.0 Å². The second-order valence-electron chi connectivity index (χ2n) is 12.2. The average molecular weight is 581 g/mol. The van der Waals surface area contributed by atoms with Crippen LogP contribution in [0.25, 0.3) is 0 Å². The van der Waals surface area contributed by atoms with Crippen molar-refractivity contribution in [3.63, 3.8) is 0 Å². The van der Waals surface area contributed by atoms with Gasteiger partial charge in [-0.3, -0.25) is 19.2 Å². The number of alkyl halides is 3. The topological polar surface area (TPSA) is 157 Å². The Balaban J connectivity index is 1.52. The van der Waals surface area contributed by atoms with E-state index in [0.717, 1.165) is 19.3 Å². The van der Waals surface area contributed by atoms with Gasteiger partial charge in [0.15, 0.2) is 5.69 Å². The number of fused-ring (bicyclic) bond motifs is 1. The molecule has 0 spiro atoms. The summed E-state index contributed by atoms with van der Waals surface area (Å²) in [6, 6.07) is -0.495. The van der Waals surface area contributed by atoms with E-state index in [1.807, 2.05) is 0 Å². The van der Waals surface area contributed by atoms with Gasteiger partial charge < -0.3 is 25.4 Å². The van der Waals surface area contributed by atoms with E-state index in [2.05, 4.69) is 31.7 Å². The first kappa shape index (κ1) is 30.3. The molecule has 3 fully saturated rings. The van der Waals surface area contributed by atoms with Crippen molar-refractivity contribution in [2.45, 2.75) is 83.6 Å². The standard InChI is InChI=1S/C27H35F3N6O5/c1-26(2,3)21(34-23(38)18-11-19(41-35-18)27(28,29)30)25(40)36-13-15-6-4-8-17(15)20(36)24(39)33-16(12-31)10-14-7-5-9-32-22(14)37/h11,14-17,20-21H,4-10,13H2,1-3H3,(H,32,37)(H,33,39)(H,34,38)/t14-,15-,16-,17-,20-,21+/m0/s1.